The molecule has 1 saturated heterocycles. The number of aromatic nitrogens is 4. The smallest absolute Gasteiger partial charge is 0.254 e. The van der Waals surface area contributed by atoms with Crippen molar-refractivity contribution in [2.75, 3.05) is 19.7 Å². The number of likely N-dealkylation sites (tertiary alicyclic amines) is 1. The number of ether oxygens (including phenoxy) is 1. The van der Waals surface area contributed by atoms with Crippen molar-refractivity contribution in [3.05, 3.63) is 53.6 Å². The second kappa shape index (κ2) is 7.67. The Kier molecular flexibility index (Phi) is 5.21. The lowest BCUT2D eigenvalue weighted by atomic mass is 9.92. The fourth-order valence-electron chi connectivity index (χ4n) is 3.86. The van der Waals surface area contributed by atoms with E-state index in [1.54, 1.807) is 33.7 Å². The van der Waals surface area contributed by atoms with Crippen molar-refractivity contribution in [3.63, 3.8) is 0 Å². The van der Waals surface area contributed by atoms with Gasteiger partial charge in [-0.2, -0.15) is 10.1 Å². The van der Waals surface area contributed by atoms with Crippen molar-refractivity contribution in [1.29, 1.82) is 0 Å². The number of rotatable bonds is 4. The van der Waals surface area contributed by atoms with Crippen LogP contribution in [-0.4, -0.2) is 55.5 Å². The summed E-state index contributed by atoms with van der Waals surface area (Å²) < 4.78 is 22.4. The average molecular weight is 415 g/mol. The molecule has 2 aromatic heterocycles. The van der Waals surface area contributed by atoms with E-state index in [2.05, 4.69) is 24.3 Å². The van der Waals surface area contributed by atoms with Crippen molar-refractivity contribution >= 4 is 20.9 Å². The highest BCUT2D eigenvalue weighted by Crippen LogP contribution is 2.39. The van der Waals surface area contributed by atoms with E-state index in [1.165, 1.54) is 6.33 Å². The van der Waals surface area contributed by atoms with Crippen LogP contribution in [0.1, 0.15) is 41.0 Å². The first kappa shape index (κ1) is 19.7. The van der Waals surface area contributed by atoms with E-state index in [-0.39, 0.29) is 24.8 Å². The number of alkyl halides is 1. The van der Waals surface area contributed by atoms with E-state index in [1.807, 2.05) is 19.9 Å². The van der Waals surface area contributed by atoms with Crippen LogP contribution in [0.25, 0.3) is 5.78 Å². The molecule has 1 aliphatic heterocycles. The minimum atomic E-state index is -1.60. The van der Waals surface area contributed by atoms with E-state index >= 15 is 4.39 Å². The summed E-state index contributed by atoms with van der Waals surface area (Å²) in [6.45, 7) is 4.66. The molecule has 0 aliphatic carbocycles. The molecule has 0 saturated carbocycles. The van der Waals surface area contributed by atoms with Crippen molar-refractivity contribution in [3.8, 4) is 5.75 Å². The van der Waals surface area contributed by atoms with Crippen LogP contribution in [0.4, 0.5) is 4.39 Å². The largest absolute Gasteiger partial charge is 0.494 e. The van der Waals surface area contributed by atoms with E-state index in [9.17, 15) is 4.79 Å². The van der Waals surface area contributed by atoms with Gasteiger partial charge in [-0.1, -0.05) is 15.3 Å². The minimum Gasteiger partial charge on any atom is -0.494 e. The third kappa shape index (κ3) is 4.08. The topological polar surface area (TPSA) is 72.6 Å². The quantitative estimate of drug-likeness (QED) is 0.613. The molecule has 3 unspecified atom stereocenters. The molecular formula is C20H23FN5O2P. The van der Waals surface area contributed by atoms with Gasteiger partial charge < -0.3 is 9.64 Å². The maximum atomic E-state index is 15.2. The van der Waals surface area contributed by atoms with Crippen LogP contribution in [0.15, 0.2) is 36.7 Å². The van der Waals surface area contributed by atoms with Crippen LogP contribution in [0.2, 0.25) is 0 Å². The van der Waals surface area contributed by atoms with Gasteiger partial charge in [-0.05, 0) is 44.5 Å². The average Bonchev–Trinajstić information content (AvgIpc) is 3.14. The lowest BCUT2D eigenvalue weighted by molar-refractivity contribution is 0.0543. The van der Waals surface area contributed by atoms with Crippen LogP contribution >= 0.6 is 9.24 Å². The van der Waals surface area contributed by atoms with Crippen LogP contribution < -0.4 is 4.74 Å². The molecule has 1 amide bonds. The first-order chi connectivity index (χ1) is 13.9. The van der Waals surface area contributed by atoms with E-state index in [0.717, 1.165) is 11.4 Å². The molecule has 0 N–H and O–H groups in total. The van der Waals surface area contributed by atoms with Gasteiger partial charge in [0, 0.05) is 23.7 Å². The molecule has 1 aromatic carbocycles. The third-order valence-corrected chi connectivity index (χ3v) is 5.40. The first-order valence-corrected chi connectivity index (χ1v) is 10.1. The molecule has 152 valence electrons. The Morgan fingerprint density at radius 3 is 3.03 bits per heavy atom. The van der Waals surface area contributed by atoms with Crippen LogP contribution in [0.5, 0.6) is 5.75 Å². The summed E-state index contributed by atoms with van der Waals surface area (Å²) in [6, 6.07) is 8.88. The molecule has 0 spiro atoms. The molecule has 9 heteroatoms. The zero-order chi connectivity index (χ0) is 20.6. The van der Waals surface area contributed by atoms with Gasteiger partial charge in [-0.3, -0.25) is 4.79 Å². The van der Waals surface area contributed by atoms with Gasteiger partial charge in [0.05, 0.1) is 18.8 Å². The lowest BCUT2D eigenvalue weighted by Gasteiger charge is -2.40. The zero-order valence-corrected chi connectivity index (χ0v) is 17.5. The first-order valence-electron chi connectivity index (χ1n) is 9.53. The van der Waals surface area contributed by atoms with E-state index < -0.39 is 5.41 Å². The summed E-state index contributed by atoms with van der Waals surface area (Å²) in [5, 5.41) is 2.64. The Morgan fingerprint density at radius 1 is 1.41 bits per heavy atom. The molecule has 3 aromatic rings. The Hall–Kier alpha value is -2.60. The Labute approximate surface area is 170 Å². The molecule has 3 atom stereocenters. The van der Waals surface area contributed by atoms with Crippen LogP contribution in [0, 0.1) is 6.92 Å². The normalized spacial score (nSPS) is 22.1. The predicted octanol–water partition coefficient (Wildman–Crippen LogP) is 3.00. The summed E-state index contributed by atoms with van der Waals surface area (Å²) in [5.41, 5.74) is 2.06. The number of carbonyl (C=O) groups is 1. The van der Waals surface area contributed by atoms with Gasteiger partial charge in [0.2, 0.25) is 0 Å². The van der Waals surface area contributed by atoms with Crippen LogP contribution in [0.3, 0.4) is 0 Å². The second-order valence-corrected chi connectivity index (χ2v) is 8.41. The summed E-state index contributed by atoms with van der Waals surface area (Å²) >= 11 is 0. The Morgan fingerprint density at radius 2 is 2.24 bits per heavy atom. The van der Waals surface area contributed by atoms with Crippen molar-refractivity contribution in [2.45, 2.75) is 31.6 Å². The number of hydrogen-bond donors (Lipinski definition) is 0. The number of fused-ring (bicyclic) bond motifs is 1. The summed E-state index contributed by atoms with van der Waals surface area (Å²) in [5.74, 6) is 0.636. The number of halogens is 1. The van der Waals surface area contributed by atoms with Crippen LogP contribution in [-0.2, 0) is 0 Å². The summed E-state index contributed by atoms with van der Waals surface area (Å²) in [7, 11) is 2.27. The summed E-state index contributed by atoms with van der Waals surface area (Å²) in [4.78, 5) is 23.2. The molecule has 29 heavy (non-hydrogen) atoms. The van der Waals surface area contributed by atoms with Gasteiger partial charge >= 0.3 is 0 Å². The fraction of sp³-hybridized carbons (Fsp3) is 0.400. The highest BCUT2D eigenvalue weighted by Gasteiger charge is 2.40. The number of aryl methyl sites for hydroxylation is 1. The van der Waals surface area contributed by atoms with Gasteiger partial charge in [0.1, 0.15) is 17.5 Å². The Bertz CT molecular complexity index is 1050. The lowest BCUT2D eigenvalue weighted by Crippen LogP contribution is -2.48. The van der Waals surface area contributed by atoms with Crippen molar-refractivity contribution in [2.24, 2.45) is 0 Å². The number of carbonyl (C=O) groups excluding carboxylic acids is 1. The second-order valence-electron chi connectivity index (χ2n) is 7.38. The SMILES string of the molecule is CCOc1cccc(C(=O)N2CC(c3cc(C)nc4ncnn34)CC(F)(P)C2)c1. The van der Waals surface area contributed by atoms with Gasteiger partial charge in [-0.25, -0.2) is 13.9 Å². The number of amides is 1. The third-order valence-electron chi connectivity index (χ3n) is 4.99. The maximum Gasteiger partial charge on any atom is 0.254 e. The van der Waals surface area contributed by atoms with E-state index in [0.29, 0.717) is 30.2 Å². The molecule has 0 radical (unpaired) electrons. The number of nitrogens with zero attached hydrogens (tertiary/aromatic N) is 5. The molecule has 1 aliphatic rings. The van der Waals surface area contributed by atoms with Gasteiger partial charge in [-0.15, -0.1) is 0 Å². The van der Waals surface area contributed by atoms with Gasteiger partial charge in [0.25, 0.3) is 11.7 Å². The van der Waals surface area contributed by atoms with Crippen molar-refractivity contribution < 1.29 is 13.9 Å². The number of piperidine rings is 1. The highest BCUT2D eigenvalue weighted by molar-refractivity contribution is 7.18. The van der Waals surface area contributed by atoms with E-state index in [4.69, 9.17) is 4.74 Å². The summed E-state index contributed by atoms with van der Waals surface area (Å²) in [6.07, 6.45) is 1.69. The molecule has 0 bridgehead atoms. The molecule has 3 heterocycles. The molecular weight excluding hydrogens is 392 g/mol. The number of hydrogen-bond acceptors (Lipinski definition) is 5. The predicted molar refractivity (Wildman–Crippen MR) is 110 cm³/mol. The fourth-order valence-corrected chi connectivity index (χ4v) is 4.36. The minimum absolute atomic E-state index is 0.0103. The molecule has 4 rings (SSSR count). The number of benzene rings is 1. The maximum absolute atomic E-state index is 15.2. The zero-order valence-electron chi connectivity index (χ0n) is 16.4. The monoisotopic (exact) mass is 415 g/mol. The standard InChI is InChI=1S/C20H23FN5O2P/c1-3-28-16-6-4-5-14(8-16)18(27)25-10-15(9-20(21,29)11-25)17-7-13(2)24-19-22-12-23-26(17)19/h4-8,12,15H,3,9-11,29H2,1-2H3. The molecule has 7 nitrogen and oxygen atoms in total. The Balaban J connectivity index is 1.66. The van der Waals surface area contributed by atoms with Crippen molar-refractivity contribution in [1.82, 2.24) is 24.5 Å². The highest BCUT2D eigenvalue weighted by atomic mass is 31.0. The molecule has 1 fully saturated rings. The van der Waals surface area contributed by atoms with Gasteiger partial charge in [0.15, 0.2) is 0 Å².